The second-order valence-corrected chi connectivity index (χ2v) is 3.60. The van der Waals surface area contributed by atoms with E-state index in [0.717, 1.165) is 26.1 Å². The van der Waals surface area contributed by atoms with Crippen molar-refractivity contribution in [2.45, 2.75) is 39.7 Å². The lowest BCUT2D eigenvalue weighted by Gasteiger charge is -1.99. The molecule has 0 spiro atoms. The molecule has 0 aliphatic rings. The lowest BCUT2D eigenvalue weighted by molar-refractivity contribution is 0.662. The van der Waals surface area contributed by atoms with Gasteiger partial charge < -0.3 is 9.88 Å². The van der Waals surface area contributed by atoms with E-state index in [9.17, 15) is 0 Å². The van der Waals surface area contributed by atoms with Crippen LogP contribution in [0, 0.1) is 0 Å². The van der Waals surface area contributed by atoms with Crippen LogP contribution in [-0.4, -0.2) is 22.6 Å². The number of nitrogens with one attached hydrogen (secondary N) is 1. The summed E-state index contributed by atoms with van der Waals surface area (Å²) in [5, 5.41) is 3.38. The van der Waals surface area contributed by atoms with Crippen molar-refractivity contribution in [3.8, 4) is 0 Å². The molecule has 1 aromatic rings. The Labute approximate surface area is 86.5 Å². The van der Waals surface area contributed by atoms with Crippen LogP contribution in [-0.2, 0) is 13.0 Å². The molecule has 0 amide bonds. The zero-order valence-corrected chi connectivity index (χ0v) is 9.29. The van der Waals surface area contributed by atoms with Gasteiger partial charge in [-0.25, -0.2) is 4.98 Å². The van der Waals surface area contributed by atoms with E-state index in [1.54, 1.807) is 0 Å². The number of hydrogen-bond acceptors (Lipinski definition) is 2. The van der Waals surface area contributed by atoms with Crippen LogP contribution in [0.2, 0.25) is 0 Å². The lowest BCUT2D eigenvalue weighted by Crippen LogP contribution is -2.17. The maximum Gasteiger partial charge on any atom is 0.0949 e. The van der Waals surface area contributed by atoms with Crippen molar-refractivity contribution >= 4 is 0 Å². The van der Waals surface area contributed by atoms with Crippen molar-refractivity contribution < 1.29 is 0 Å². The van der Waals surface area contributed by atoms with Crippen molar-refractivity contribution in [1.29, 1.82) is 0 Å². The molecule has 0 fully saturated rings. The Balaban J connectivity index is 2.22. The molecule has 0 aliphatic heterocycles. The molecular formula is C11H21N3. The average molecular weight is 195 g/mol. The molecule has 0 aromatic carbocycles. The molecule has 0 radical (unpaired) electrons. The molecule has 1 N–H and O–H groups in total. The van der Waals surface area contributed by atoms with E-state index in [1.807, 2.05) is 6.33 Å². The topological polar surface area (TPSA) is 29.9 Å². The molecule has 1 rings (SSSR count). The fourth-order valence-electron chi connectivity index (χ4n) is 1.43. The zero-order chi connectivity index (χ0) is 10.2. The second-order valence-electron chi connectivity index (χ2n) is 3.60. The summed E-state index contributed by atoms with van der Waals surface area (Å²) < 4.78 is 2.16. The molecule has 0 unspecified atom stereocenters. The number of aryl methyl sites for hydroxylation is 1. The smallest absolute Gasteiger partial charge is 0.0949 e. The molecule has 14 heavy (non-hydrogen) atoms. The van der Waals surface area contributed by atoms with E-state index in [4.69, 9.17) is 0 Å². The van der Waals surface area contributed by atoms with E-state index in [0.29, 0.717) is 0 Å². The van der Waals surface area contributed by atoms with E-state index in [-0.39, 0.29) is 0 Å². The van der Waals surface area contributed by atoms with Gasteiger partial charge in [-0.3, -0.25) is 0 Å². The van der Waals surface area contributed by atoms with Crippen molar-refractivity contribution in [3.05, 3.63) is 18.2 Å². The fourth-order valence-corrected chi connectivity index (χ4v) is 1.43. The number of imidazole rings is 1. The largest absolute Gasteiger partial charge is 0.337 e. The predicted molar refractivity (Wildman–Crippen MR) is 59.4 cm³/mol. The first-order valence-electron chi connectivity index (χ1n) is 5.58. The van der Waals surface area contributed by atoms with Gasteiger partial charge in [0.15, 0.2) is 0 Å². The van der Waals surface area contributed by atoms with Gasteiger partial charge in [-0.1, -0.05) is 13.8 Å². The predicted octanol–water partition coefficient (Wildman–Crippen LogP) is 1.84. The maximum absolute atomic E-state index is 4.36. The summed E-state index contributed by atoms with van der Waals surface area (Å²) in [6.07, 6.45) is 7.49. The minimum atomic E-state index is 1.04. The summed E-state index contributed by atoms with van der Waals surface area (Å²) in [6, 6.07) is 0. The maximum atomic E-state index is 4.36. The van der Waals surface area contributed by atoms with Gasteiger partial charge in [-0.05, 0) is 19.4 Å². The molecular weight excluding hydrogens is 174 g/mol. The van der Waals surface area contributed by atoms with Crippen LogP contribution in [0.3, 0.4) is 0 Å². The Morgan fingerprint density at radius 1 is 1.29 bits per heavy atom. The monoisotopic (exact) mass is 195 g/mol. The van der Waals surface area contributed by atoms with Gasteiger partial charge in [0.1, 0.15) is 0 Å². The lowest BCUT2D eigenvalue weighted by atomic mass is 10.3. The Morgan fingerprint density at radius 2 is 2.14 bits per heavy atom. The van der Waals surface area contributed by atoms with Crippen molar-refractivity contribution in [1.82, 2.24) is 14.9 Å². The highest BCUT2D eigenvalue weighted by molar-refractivity contribution is 4.97. The summed E-state index contributed by atoms with van der Waals surface area (Å²) in [5.74, 6) is 0. The van der Waals surface area contributed by atoms with Crippen LogP contribution in [0.15, 0.2) is 12.5 Å². The van der Waals surface area contributed by atoms with Gasteiger partial charge in [-0.15, -0.1) is 0 Å². The van der Waals surface area contributed by atoms with E-state index in [1.165, 1.54) is 18.5 Å². The molecule has 1 heterocycles. The minimum absolute atomic E-state index is 1.04. The highest BCUT2D eigenvalue weighted by Gasteiger charge is 1.97. The first-order chi connectivity index (χ1) is 6.86. The molecule has 0 aliphatic carbocycles. The Hall–Kier alpha value is -0.830. The van der Waals surface area contributed by atoms with Gasteiger partial charge >= 0.3 is 0 Å². The van der Waals surface area contributed by atoms with E-state index < -0.39 is 0 Å². The van der Waals surface area contributed by atoms with Crippen LogP contribution in [0.1, 0.15) is 32.4 Å². The van der Waals surface area contributed by atoms with E-state index in [2.05, 4.69) is 34.9 Å². The second kappa shape index (κ2) is 6.60. The summed E-state index contributed by atoms with van der Waals surface area (Å²) in [5.41, 5.74) is 1.20. The minimum Gasteiger partial charge on any atom is -0.337 e. The number of nitrogens with zero attached hydrogens (tertiary/aromatic N) is 2. The zero-order valence-electron chi connectivity index (χ0n) is 9.29. The molecule has 1 aromatic heterocycles. The summed E-state index contributed by atoms with van der Waals surface area (Å²) >= 11 is 0. The van der Waals surface area contributed by atoms with Gasteiger partial charge in [0.25, 0.3) is 0 Å². The average Bonchev–Trinajstić information content (AvgIpc) is 2.61. The third kappa shape index (κ3) is 3.92. The molecule has 80 valence electrons. The normalized spacial score (nSPS) is 10.7. The standard InChI is InChI=1S/C11H21N3/c1-3-6-12-7-5-11-9-14(8-4-2)10-13-11/h9-10,12H,3-8H2,1-2H3. The summed E-state index contributed by atoms with van der Waals surface area (Å²) in [6.45, 7) is 7.59. The van der Waals surface area contributed by atoms with Gasteiger partial charge in [0.05, 0.1) is 12.0 Å². The third-order valence-electron chi connectivity index (χ3n) is 2.15. The first kappa shape index (κ1) is 11.2. The molecule has 0 saturated heterocycles. The van der Waals surface area contributed by atoms with Gasteiger partial charge in [0.2, 0.25) is 0 Å². The summed E-state index contributed by atoms with van der Waals surface area (Å²) in [4.78, 5) is 4.36. The van der Waals surface area contributed by atoms with Crippen molar-refractivity contribution in [2.75, 3.05) is 13.1 Å². The molecule has 0 saturated carbocycles. The molecule has 3 nitrogen and oxygen atoms in total. The number of aromatic nitrogens is 2. The summed E-state index contributed by atoms with van der Waals surface area (Å²) in [7, 11) is 0. The third-order valence-corrected chi connectivity index (χ3v) is 2.15. The highest BCUT2D eigenvalue weighted by atomic mass is 15.0. The first-order valence-corrected chi connectivity index (χ1v) is 5.58. The van der Waals surface area contributed by atoms with Gasteiger partial charge in [0, 0.05) is 25.7 Å². The van der Waals surface area contributed by atoms with Crippen molar-refractivity contribution in [2.24, 2.45) is 0 Å². The van der Waals surface area contributed by atoms with Crippen LogP contribution >= 0.6 is 0 Å². The Bertz CT molecular complexity index is 242. The molecule has 3 heteroatoms. The van der Waals surface area contributed by atoms with Crippen LogP contribution in [0.25, 0.3) is 0 Å². The van der Waals surface area contributed by atoms with Crippen LogP contribution in [0.4, 0.5) is 0 Å². The van der Waals surface area contributed by atoms with Crippen LogP contribution in [0.5, 0.6) is 0 Å². The fraction of sp³-hybridized carbons (Fsp3) is 0.727. The quantitative estimate of drug-likeness (QED) is 0.673. The Kier molecular flexibility index (Phi) is 5.30. The SMILES string of the molecule is CCCNCCc1cn(CCC)cn1. The van der Waals surface area contributed by atoms with Gasteiger partial charge in [-0.2, -0.15) is 0 Å². The van der Waals surface area contributed by atoms with Crippen LogP contribution < -0.4 is 5.32 Å². The number of rotatable bonds is 7. The van der Waals surface area contributed by atoms with E-state index >= 15 is 0 Å². The Morgan fingerprint density at radius 3 is 2.86 bits per heavy atom. The number of hydrogen-bond donors (Lipinski definition) is 1. The van der Waals surface area contributed by atoms with Crippen molar-refractivity contribution in [3.63, 3.8) is 0 Å². The molecule has 0 atom stereocenters. The molecule has 0 bridgehead atoms. The highest BCUT2D eigenvalue weighted by Crippen LogP contribution is 1.97.